The first kappa shape index (κ1) is 27.5. The predicted octanol–water partition coefficient (Wildman–Crippen LogP) is 9.05. The van der Waals surface area contributed by atoms with Gasteiger partial charge in [-0.05, 0) is 68.7 Å². The molecule has 1 unspecified atom stereocenters. The highest BCUT2D eigenvalue weighted by atomic mass is 16.6. The van der Waals surface area contributed by atoms with E-state index in [9.17, 15) is 4.79 Å². The Kier molecular flexibility index (Phi) is 14.7. The van der Waals surface area contributed by atoms with Crippen molar-refractivity contribution in [3.63, 3.8) is 0 Å². The largest absolute Gasteiger partial charge is 0.479 e. The third-order valence-electron chi connectivity index (χ3n) is 6.66. The second kappa shape index (κ2) is 17.7. The molecule has 2 rings (SSSR count). The van der Waals surface area contributed by atoms with Gasteiger partial charge in [0.15, 0.2) is 6.10 Å². The van der Waals surface area contributed by atoms with Crippen molar-refractivity contribution in [1.82, 2.24) is 0 Å². The number of hydrogen-bond acceptors (Lipinski definition) is 3. The minimum absolute atomic E-state index is 0.236. The lowest BCUT2D eigenvalue weighted by atomic mass is 9.95. The lowest BCUT2D eigenvalue weighted by molar-refractivity contribution is -0.151. The number of ether oxygens (including phenoxy) is 2. The molecule has 186 valence electrons. The minimum Gasteiger partial charge on any atom is -0.479 e. The van der Waals surface area contributed by atoms with Crippen LogP contribution >= 0.6 is 0 Å². The van der Waals surface area contributed by atoms with Crippen LogP contribution in [0, 0.1) is 0 Å². The quantitative estimate of drug-likeness (QED) is 0.184. The molecule has 3 nitrogen and oxygen atoms in total. The highest BCUT2D eigenvalue weighted by Gasteiger charge is 2.21. The Hall–Kier alpha value is -1.77. The Morgan fingerprint density at radius 2 is 1.45 bits per heavy atom. The maximum Gasteiger partial charge on any atom is 0.347 e. The van der Waals surface area contributed by atoms with Crippen LogP contribution in [-0.4, -0.2) is 18.7 Å². The van der Waals surface area contributed by atoms with Crippen LogP contribution in [0.2, 0.25) is 0 Å². The molecule has 1 aromatic carbocycles. The SMILES string of the molecule is CCCCCCCCCCCCC(Oc1ccc(C2=CCCCCCC2)cc1)C(=O)OCC. The topological polar surface area (TPSA) is 35.5 Å². The molecular formula is C30H48O3. The summed E-state index contributed by atoms with van der Waals surface area (Å²) in [5.74, 6) is 0.524. The van der Waals surface area contributed by atoms with Crippen LogP contribution in [0.25, 0.3) is 5.57 Å². The summed E-state index contributed by atoms with van der Waals surface area (Å²) in [5.41, 5.74) is 2.74. The summed E-state index contributed by atoms with van der Waals surface area (Å²) in [4.78, 5) is 12.5. The molecule has 0 aromatic heterocycles. The second-order valence-corrected chi connectivity index (χ2v) is 9.54. The summed E-state index contributed by atoms with van der Waals surface area (Å²) >= 11 is 0. The number of benzene rings is 1. The first-order chi connectivity index (χ1) is 16.2. The van der Waals surface area contributed by atoms with Gasteiger partial charge in [0.1, 0.15) is 5.75 Å². The highest BCUT2D eigenvalue weighted by molar-refractivity contribution is 5.75. The molecule has 0 saturated carbocycles. The van der Waals surface area contributed by atoms with Gasteiger partial charge in [-0.2, -0.15) is 0 Å². The molecule has 33 heavy (non-hydrogen) atoms. The summed E-state index contributed by atoms with van der Waals surface area (Å²) in [7, 11) is 0. The molecule has 1 aliphatic rings. The molecule has 0 radical (unpaired) electrons. The molecule has 0 heterocycles. The molecule has 0 aliphatic heterocycles. The fourth-order valence-corrected chi connectivity index (χ4v) is 4.64. The fraction of sp³-hybridized carbons (Fsp3) is 0.700. The van der Waals surface area contributed by atoms with E-state index in [-0.39, 0.29) is 5.97 Å². The van der Waals surface area contributed by atoms with Crippen molar-refractivity contribution in [3.8, 4) is 5.75 Å². The maximum atomic E-state index is 12.5. The Balaban J connectivity index is 1.77. The van der Waals surface area contributed by atoms with Crippen LogP contribution in [0.15, 0.2) is 30.3 Å². The number of allylic oxidation sites excluding steroid dienone is 2. The number of carbonyl (C=O) groups is 1. The number of hydrogen-bond donors (Lipinski definition) is 0. The van der Waals surface area contributed by atoms with Gasteiger partial charge in [-0.15, -0.1) is 0 Å². The summed E-state index contributed by atoms with van der Waals surface area (Å²) in [5, 5.41) is 0. The van der Waals surface area contributed by atoms with Crippen molar-refractivity contribution >= 4 is 11.5 Å². The Labute approximate surface area is 203 Å². The number of esters is 1. The summed E-state index contributed by atoms with van der Waals surface area (Å²) in [6.45, 7) is 4.51. The van der Waals surface area contributed by atoms with E-state index in [4.69, 9.17) is 9.47 Å². The molecular weight excluding hydrogens is 408 g/mol. The van der Waals surface area contributed by atoms with Crippen molar-refractivity contribution in [2.75, 3.05) is 6.61 Å². The van der Waals surface area contributed by atoms with Crippen molar-refractivity contribution < 1.29 is 14.3 Å². The second-order valence-electron chi connectivity index (χ2n) is 9.54. The highest BCUT2D eigenvalue weighted by Crippen LogP contribution is 2.27. The zero-order chi connectivity index (χ0) is 23.6. The molecule has 0 bridgehead atoms. The van der Waals surface area contributed by atoms with E-state index >= 15 is 0 Å². The number of rotatable bonds is 16. The van der Waals surface area contributed by atoms with Gasteiger partial charge in [-0.1, -0.05) is 95.8 Å². The van der Waals surface area contributed by atoms with Crippen molar-refractivity contribution in [2.24, 2.45) is 0 Å². The normalized spacial score (nSPS) is 15.3. The molecule has 1 aromatic rings. The summed E-state index contributed by atoms with van der Waals surface area (Å²) in [6.07, 6.45) is 23.1. The van der Waals surface area contributed by atoms with Crippen LogP contribution in [0.5, 0.6) is 5.75 Å². The van der Waals surface area contributed by atoms with Crippen LogP contribution in [-0.2, 0) is 9.53 Å². The van der Waals surface area contributed by atoms with E-state index in [0.717, 1.165) is 31.4 Å². The molecule has 0 amide bonds. The van der Waals surface area contributed by atoms with E-state index in [2.05, 4.69) is 25.1 Å². The first-order valence-electron chi connectivity index (χ1n) is 13.9. The molecule has 1 atom stereocenters. The third-order valence-corrected chi connectivity index (χ3v) is 6.66. The minimum atomic E-state index is -0.509. The molecule has 0 N–H and O–H groups in total. The average molecular weight is 457 g/mol. The zero-order valence-electron chi connectivity index (χ0n) is 21.4. The Bertz CT molecular complexity index is 662. The fourth-order valence-electron chi connectivity index (χ4n) is 4.64. The summed E-state index contributed by atoms with van der Waals surface area (Å²) in [6, 6.07) is 8.32. The van der Waals surface area contributed by atoms with E-state index in [0.29, 0.717) is 6.61 Å². The van der Waals surface area contributed by atoms with Gasteiger partial charge in [-0.25, -0.2) is 4.79 Å². The first-order valence-corrected chi connectivity index (χ1v) is 13.9. The number of unbranched alkanes of at least 4 members (excludes halogenated alkanes) is 9. The van der Waals surface area contributed by atoms with Crippen LogP contribution in [0.1, 0.15) is 129 Å². The maximum absolute atomic E-state index is 12.5. The Morgan fingerprint density at radius 3 is 2.12 bits per heavy atom. The van der Waals surface area contributed by atoms with Crippen molar-refractivity contribution in [1.29, 1.82) is 0 Å². The van der Waals surface area contributed by atoms with E-state index in [1.807, 2.05) is 19.1 Å². The lowest BCUT2D eigenvalue weighted by Gasteiger charge is -2.18. The third kappa shape index (κ3) is 11.8. The van der Waals surface area contributed by atoms with E-state index in [1.54, 1.807) is 0 Å². The molecule has 0 spiro atoms. The van der Waals surface area contributed by atoms with Gasteiger partial charge in [0.2, 0.25) is 0 Å². The summed E-state index contributed by atoms with van der Waals surface area (Å²) < 4.78 is 11.4. The van der Waals surface area contributed by atoms with Gasteiger partial charge in [0.05, 0.1) is 6.61 Å². The van der Waals surface area contributed by atoms with Gasteiger partial charge in [-0.3, -0.25) is 0 Å². The monoisotopic (exact) mass is 456 g/mol. The van der Waals surface area contributed by atoms with E-state index in [1.165, 1.54) is 94.6 Å². The molecule has 0 saturated heterocycles. The molecule has 1 aliphatic carbocycles. The van der Waals surface area contributed by atoms with Crippen LogP contribution in [0.4, 0.5) is 0 Å². The lowest BCUT2D eigenvalue weighted by Crippen LogP contribution is -2.29. The standard InChI is InChI=1S/C30H48O3/c1-3-5-6-7-8-9-10-11-15-18-21-29(30(31)32-4-2)33-28-24-22-27(23-25-28)26-19-16-13-12-14-17-20-26/h19,22-25,29H,3-18,20-21H2,1-2H3. The average Bonchev–Trinajstić information content (AvgIpc) is 2.80. The predicted molar refractivity (Wildman–Crippen MR) is 140 cm³/mol. The van der Waals surface area contributed by atoms with E-state index < -0.39 is 6.10 Å². The Morgan fingerprint density at radius 1 is 0.818 bits per heavy atom. The van der Waals surface area contributed by atoms with Crippen molar-refractivity contribution in [3.05, 3.63) is 35.9 Å². The van der Waals surface area contributed by atoms with Crippen LogP contribution in [0.3, 0.4) is 0 Å². The smallest absolute Gasteiger partial charge is 0.347 e. The zero-order valence-corrected chi connectivity index (χ0v) is 21.4. The van der Waals surface area contributed by atoms with Gasteiger partial charge in [0, 0.05) is 0 Å². The van der Waals surface area contributed by atoms with Gasteiger partial charge >= 0.3 is 5.97 Å². The molecule has 3 heteroatoms. The van der Waals surface area contributed by atoms with Gasteiger partial charge < -0.3 is 9.47 Å². The molecule has 0 fully saturated rings. The van der Waals surface area contributed by atoms with Crippen molar-refractivity contribution in [2.45, 2.75) is 129 Å². The van der Waals surface area contributed by atoms with Gasteiger partial charge in [0.25, 0.3) is 0 Å². The number of carbonyl (C=O) groups excluding carboxylic acids is 1. The van der Waals surface area contributed by atoms with Crippen LogP contribution < -0.4 is 4.74 Å².